The van der Waals surface area contributed by atoms with Gasteiger partial charge >= 0.3 is 6.09 Å². The Balaban J connectivity index is 2.54. The van der Waals surface area contributed by atoms with Crippen molar-refractivity contribution in [3.63, 3.8) is 0 Å². The lowest BCUT2D eigenvalue weighted by Gasteiger charge is -2.40. The summed E-state index contributed by atoms with van der Waals surface area (Å²) in [6.45, 7) is 13.5. The summed E-state index contributed by atoms with van der Waals surface area (Å²) in [5.74, 6) is 0.597. The molecule has 2 amide bonds. The van der Waals surface area contributed by atoms with Gasteiger partial charge in [0.1, 0.15) is 5.60 Å². The third-order valence-electron chi connectivity index (χ3n) is 3.69. The Morgan fingerprint density at radius 1 is 1.20 bits per heavy atom. The van der Waals surface area contributed by atoms with Crippen LogP contribution in [0.3, 0.4) is 0 Å². The fourth-order valence-corrected chi connectivity index (χ4v) is 2.25. The van der Waals surface area contributed by atoms with Crippen molar-refractivity contribution in [2.75, 3.05) is 33.2 Å². The zero-order chi connectivity index (χ0) is 19.3. The minimum absolute atomic E-state index is 0.0492. The van der Waals surface area contributed by atoms with E-state index < -0.39 is 11.0 Å². The summed E-state index contributed by atoms with van der Waals surface area (Å²) in [5.41, 5.74) is -1.07. The van der Waals surface area contributed by atoms with Gasteiger partial charge in [0.15, 0.2) is 5.96 Å². The van der Waals surface area contributed by atoms with E-state index in [4.69, 9.17) is 4.74 Å². The highest BCUT2D eigenvalue weighted by Crippen LogP contribution is 2.16. The molecule has 1 saturated heterocycles. The summed E-state index contributed by atoms with van der Waals surface area (Å²) in [7, 11) is 1.62. The highest BCUT2D eigenvalue weighted by atomic mass is 16.6. The van der Waals surface area contributed by atoms with Gasteiger partial charge in [-0.2, -0.15) is 0 Å². The minimum atomic E-state index is -0.584. The summed E-state index contributed by atoms with van der Waals surface area (Å²) in [6, 6.07) is 0.119. The Kier molecular flexibility index (Phi) is 7.07. The molecule has 1 rings (SSSR count). The van der Waals surface area contributed by atoms with Gasteiger partial charge in [-0.3, -0.25) is 9.79 Å². The Hall–Kier alpha value is -1.99. The van der Waals surface area contributed by atoms with Crippen molar-refractivity contribution in [3.05, 3.63) is 0 Å². The monoisotopic (exact) mass is 355 g/mol. The fourth-order valence-electron chi connectivity index (χ4n) is 2.25. The van der Waals surface area contributed by atoms with E-state index in [9.17, 15) is 9.59 Å². The van der Waals surface area contributed by atoms with Crippen LogP contribution in [0.5, 0.6) is 0 Å². The van der Waals surface area contributed by atoms with Gasteiger partial charge in [-0.15, -0.1) is 0 Å². The first-order chi connectivity index (χ1) is 11.5. The SMILES string of the molecule is CCNC(=NCC(C)(C)C(=O)NC)NC1CN(C(=O)OC(C)(C)C)C1. The second-order valence-corrected chi connectivity index (χ2v) is 7.88. The van der Waals surface area contributed by atoms with E-state index in [-0.39, 0.29) is 18.0 Å². The van der Waals surface area contributed by atoms with Crippen LogP contribution in [0.1, 0.15) is 41.5 Å². The molecule has 0 aromatic carbocycles. The molecule has 0 spiro atoms. The van der Waals surface area contributed by atoms with Gasteiger partial charge < -0.3 is 25.6 Å². The molecule has 0 aliphatic carbocycles. The predicted molar refractivity (Wildman–Crippen MR) is 98.6 cm³/mol. The molecule has 0 aromatic rings. The molecule has 25 heavy (non-hydrogen) atoms. The van der Waals surface area contributed by atoms with Gasteiger partial charge in [-0.05, 0) is 41.5 Å². The number of carbonyl (C=O) groups excluding carboxylic acids is 2. The lowest BCUT2D eigenvalue weighted by molar-refractivity contribution is -0.128. The van der Waals surface area contributed by atoms with Crippen LogP contribution >= 0.6 is 0 Å². The van der Waals surface area contributed by atoms with Gasteiger partial charge in [0.05, 0.1) is 18.0 Å². The molecule has 8 heteroatoms. The van der Waals surface area contributed by atoms with Crippen molar-refractivity contribution in [1.29, 1.82) is 0 Å². The smallest absolute Gasteiger partial charge is 0.410 e. The zero-order valence-electron chi connectivity index (χ0n) is 16.5. The first kappa shape index (κ1) is 21.1. The molecule has 0 radical (unpaired) electrons. The Bertz CT molecular complexity index is 505. The van der Waals surface area contributed by atoms with Crippen molar-refractivity contribution in [1.82, 2.24) is 20.9 Å². The van der Waals surface area contributed by atoms with E-state index >= 15 is 0 Å². The molecular formula is C17H33N5O3. The maximum atomic E-state index is 11.9. The van der Waals surface area contributed by atoms with Crippen molar-refractivity contribution in [3.8, 4) is 0 Å². The molecule has 3 N–H and O–H groups in total. The first-order valence-electron chi connectivity index (χ1n) is 8.73. The highest BCUT2D eigenvalue weighted by molar-refractivity contribution is 5.84. The number of ether oxygens (including phenoxy) is 1. The Morgan fingerprint density at radius 3 is 2.28 bits per heavy atom. The van der Waals surface area contributed by atoms with Crippen LogP contribution in [-0.2, 0) is 9.53 Å². The maximum Gasteiger partial charge on any atom is 0.410 e. The van der Waals surface area contributed by atoms with Crippen LogP contribution in [0.2, 0.25) is 0 Å². The average Bonchev–Trinajstić information content (AvgIpc) is 2.44. The van der Waals surface area contributed by atoms with E-state index in [1.807, 2.05) is 41.5 Å². The third kappa shape index (κ3) is 6.80. The third-order valence-corrected chi connectivity index (χ3v) is 3.69. The molecule has 0 bridgehead atoms. The van der Waals surface area contributed by atoms with Crippen molar-refractivity contribution < 1.29 is 14.3 Å². The van der Waals surface area contributed by atoms with Gasteiger partial charge in [0.25, 0.3) is 0 Å². The number of hydrogen-bond donors (Lipinski definition) is 3. The first-order valence-corrected chi connectivity index (χ1v) is 8.73. The van der Waals surface area contributed by atoms with Crippen molar-refractivity contribution >= 4 is 18.0 Å². The lowest BCUT2D eigenvalue weighted by atomic mass is 9.93. The van der Waals surface area contributed by atoms with E-state index in [2.05, 4.69) is 20.9 Å². The van der Waals surface area contributed by atoms with Gasteiger partial charge in [-0.1, -0.05) is 0 Å². The maximum absolute atomic E-state index is 11.9. The Morgan fingerprint density at radius 2 is 1.80 bits per heavy atom. The van der Waals surface area contributed by atoms with Gasteiger partial charge in [-0.25, -0.2) is 4.79 Å². The van der Waals surface area contributed by atoms with E-state index in [0.717, 1.165) is 6.54 Å². The second-order valence-electron chi connectivity index (χ2n) is 7.88. The van der Waals surface area contributed by atoms with Crippen LogP contribution < -0.4 is 16.0 Å². The molecule has 1 aliphatic rings. The topological polar surface area (TPSA) is 95.1 Å². The molecule has 0 aromatic heterocycles. The lowest BCUT2D eigenvalue weighted by Crippen LogP contribution is -2.63. The quantitative estimate of drug-likeness (QED) is 0.504. The molecule has 144 valence electrons. The predicted octanol–water partition coefficient (Wildman–Crippen LogP) is 0.933. The van der Waals surface area contributed by atoms with Crippen LogP contribution in [0.4, 0.5) is 4.79 Å². The van der Waals surface area contributed by atoms with E-state index in [0.29, 0.717) is 25.6 Å². The second kappa shape index (κ2) is 8.40. The Labute approximate surface area is 150 Å². The van der Waals surface area contributed by atoms with Crippen LogP contribution in [0.25, 0.3) is 0 Å². The number of likely N-dealkylation sites (tertiary alicyclic amines) is 1. The number of hydrogen-bond acceptors (Lipinski definition) is 4. The molecule has 0 unspecified atom stereocenters. The highest BCUT2D eigenvalue weighted by Gasteiger charge is 2.34. The molecule has 0 saturated carbocycles. The minimum Gasteiger partial charge on any atom is -0.444 e. The standard InChI is InChI=1S/C17H33N5O3/c1-8-19-14(20-11-17(5,6)13(23)18-7)21-12-9-22(10-12)15(24)25-16(2,3)4/h12H,8-11H2,1-7H3,(H,18,23)(H2,19,20,21). The van der Waals surface area contributed by atoms with Crippen LogP contribution in [-0.4, -0.2) is 67.7 Å². The normalized spacial score (nSPS) is 16.1. The van der Waals surface area contributed by atoms with Gasteiger partial charge in [0.2, 0.25) is 5.91 Å². The van der Waals surface area contributed by atoms with Crippen LogP contribution in [0.15, 0.2) is 4.99 Å². The molecule has 1 fully saturated rings. The molecule has 8 nitrogen and oxygen atoms in total. The number of amides is 2. The van der Waals surface area contributed by atoms with Crippen LogP contribution in [0, 0.1) is 5.41 Å². The molecule has 1 heterocycles. The largest absolute Gasteiger partial charge is 0.444 e. The number of guanidine groups is 1. The number of carbonyl (C=O) groups is 2. The number of nitrogens with zero attached hydrogens (tertiary/aromatic N) is 2. The summed E-state index contributed by atoms with van der Waals surface area (Å²) in [4.78, 5) is 30.0. The summed E-state index contributed by atoms with van der Waals surface area (Å²) in [5, 5.41) is 9.11. The average molecular weight is 355 g/mol. The molecule has 1 aliphatic heterocycles. The summed E-state index contributed by atoms with van der Waals surface area (Å²) >= 11 is 0. The number of aliphatic imine (C=N–C) groups is 1. The van der Waals surface area contributed by atoms with Crippen molar-refractivity contribution in [2.45, 2.75) is 53.2 Å². The zero-order valence-corrected chi connectivity index (χ0v) is 16.5. The summed E-state index contributed by atoms with van der Waals surface area (Å²) < 4.78 is 5.34. The fraction of sp³-hybridized carbons (Fsp3) is 0.824. The number of nitrogens with one attached hydrogen (secondary N) is 3. The summed E-state index contributed by atoms with van der Waals surface area (Å²) in [6.07, 6.45) is -0.298. The molecular weight excluding hydrogens is 322 g/mol. The number of rotatable bonds is 5. The van der Waals surface area contributed by atoms with Gasteiger partial charge in [0, 0.05) is 26.7 Å². The molecule has 0 atom stereocenters. The van der Waals surface area contributed by atoms with E-state index in [1.54, 1.807) is 11.9 Å². The van der Waals surface area contributed by atoms with Crippen molar-refractivity contribution in [2.24, 2.45) is 10.4 Å². The van der Waals surface area contributed by atoms with E-state index in [1.165, 1.54) is 0 Å².